The number of carbonyl (C=O) groups is 1. The molecule has 0 bridgehead atoms. The van der Waals surface area contributed by atoms with Gasteiger partial charge in [-0.15, -0.1) is 0 Å². The lowest BCUT2D eigenvalue weighted by Gasteiger charge is -2.37. The maximum absolute atomic E-state index is 13.4. The van der Waals surface area contributed by atoms with Crippen molar-refractivity contribution in [2.75, 3.05) is 26.7 Å². The first kappa shape index (κ1) is 24.5. The molecule has 1 aromatic rings. The van der Waals surface area contributed by atoms with Crippen LogP contribution in [-0.2, 0) is 14.8 Å². The van der Waals surface area contributed by atoms with Crippen LogP contribution in [0.2, 0.25) is 0 Å². The van der Waals surface area contributed by atoms with Crippen molar-refractivity contribution in [3.63, 3.8) is 0 Å². The number of rotatable bonds is 5. The fraction of sp³-hybridized carbons (Fsp3) is 0.609. The van der Waals surface area contributed by atoms with Gasteiger partial charge in [0, 0.05) is 37.0 Å². The van der Waals surface area contributed by atoms with Crippen LogP contribution >= 0.6 is 0 Å². The first-order valence-corrected chi connectivity index (χ1v) is 12.4. The summed E-state index contributed by atoms with van der Waals surface area (Å²) in [5, 5.41) is 19.2. The molecule has 1 amide bonds. The van der Waals surface area contributed by atoms with Crippen LogP contribution in [0.1, 0.15) is 39.2 Å². The smallest absolute Gasteiger partial charge is 0.247 e. The van der Waals surface area contributed by atoms with Gasteiger partial charge in [-0.2, -0.15) is 4.31 Å². The summed E-state index contributed by atoms with van der Waals surface area (Å²) >= 11 is 0. The molecular formula is C23H32N2O6S. The van der Waals surface area contributed by atoms with E-state index in [4.69, 9.17) is 4.74 Å². The molecule has 0 saturated heterocycles. The molecule has 0 unspecified atom stereocenters. The number of likely N-dealkylation sites (N-methyl/N-ethyl adjacent to an activating group) is 1. The SMILES string of the molecule is C[C@@H]1CN([C@@H](C)CO)S(=O)(=O)c2ccc(C#C[C@@H](C)O)cc2O[C@@H]1CN(C)C(=O)C1CC1. The maximum atomic E-state index is 13.4. The second-order valence-corrected chi connectivity index (χ2v) is 10.7. The Balaban J connectivity index is 2.03. The molecule has 1 fully saturated rings. The number of amides is 1. The third-order valence-electron chi connectivity index (χ3n) is 5.85. The zero-order valence-corrected chi connectivity index (χ0v) is 19.8. The molecule has 4 atom stereocenters. The number of benzene rings is 1. The summed E-state index contributed by atoms with van der Waals surface area (Å²) in [6, 6.07) is 3.95. The molecule has 1 aliphatic heterocycles. The van der Waals surface area contributed by atoms with E-state index in [9.17, 15) is 23.4 Å². The minimum Gasteiger partial charge on any atom is -0.487 e. The van der Waals surface area contributed by atoms with E-state index in [1.54, 1.807) is 37.9 Å². The number of aliphatic hydroxyl groups is 2. The van der Waals surface area contributed by atoms with Gasteiger partial charge >= 0.3 is 0 Å². The van der Waals surface area contributed by atoms with Crippen LogP contribution in [0, 0.1) is 23.7 Å². The predicted molar refractivity (Wildman–Crippen MR) is 119 cm³/mol. The van der Waals surface area contributed by atoms with Crippen LogP contribution < -0.4 is 4.74 Å². The van der Waals surface area contributed by atoms with Gasteiger partial charge in [-0.1, -0.05) is 18.8 Å². The van der Waals surface area contributed by atoms with Gasteiger partial charge in [0.2, 0.25) is 15.9 Å². The molecular weight excluding hydrogens is 432 g/mol. The van der Waals surface area contributed by atoms with Crippen LogP contribution in [0.3, 0.4) is 0 Å². The van der Waals surface area contributed by atoms with E-state index in [0.717, 1.165) is 12.8 Å². The number of hydrogen-bond donors (Lipinski definition) is 2. The van der Waals surface area contributed by atoms with E-state index in [1.807, 2.05) is 6.92 Å². The second kappa shape index (κ2) is 9.79. The zero-order valence-electron chi connectivity index (χ0n) is 19.0. The second-order valence-electron chi connectivity index (χ2n) is 8.84. The highest BCUT2D eigenvalue weighted by molar-refractivity contribution is 7.89. The zero-order chi connectivity index (χ0) is 23.6. The van der Waals surface area contributed by atoms with Crippen molar-refractivity contribution in [2.24, 2.45) is 11.8 Å². The lowest BCUT2D eigenvalue weighted by Crippen LogP contribution is -2.50. The van der Waals surface area contributed by atoms with E-state index < -0.39 is 28.3 Å². The van der Waals surface area contributed by atoms with Crippen molar-refractivity contribution in [2.45, 2.75) is 56.8 Å². The largest absolute Gasteiger partial charge is 0.487 e. The van der Waals surface area contributed by atoms with E-state index in [2.05, 4.69) is 11.8 Å². The van der Waals surface area contributed by atoms with Gasteiger partial charge in [0.25, 0.3) is 0 Å². The number of nitrogens with zero attached hydrogens (tertiary/aromatic N) is 2. The van der Waals surface area contributed by atoms with Crippen molar-refractivity contribution in [3.05, 3.63) is 23.8 Å². The Morgan fingerprint density at radius 2 is 2.03 bits per heavy atom. The average molecular weight is 465 g/mol. The molecule has 32 heavy (non-hydrogen) atoms. The third-order valence-corrected chi connectivity index (χ3v) is 7.87. The van der Waals surface area contributed by atoms with Crippen molar-refractivity contribution in [1.82, 2.24) is 9.21 Å². The Bertz CT molecular complexity index is 1010. The fourth-order valence-corrected chi connectivity index (χ4v) is 5.54. The highest BCUT2D eigenvalue weighted by atomic mass is 32.2. The summed E-state index contributed by atoms with van der Waals surface area (Å²) in [6.45, 7) is 5.25. The molecule has 0 spiro atoms. The van der Waals surface area contributed by atoms with Crippen molar-refractivity contribution in [1.29, 1.82) is 0 Å². The molecule has 1 aromatic carbocycles. The lowest BCUT2D eigenvalue weighted by atomic mass is 10.0. The van der Waals surface area contributed by atoms with Gasteiger partial charge < -0.3 is 19.8 Å². The summed E-state index contributed by atoms with van der Waals surface area (Å²) in [6.07, 6.45) is 0.527. The van der Waals surface area contributed by atoms with E-state index in [0.29, 0.717) is 12.1 Å². The van der Waals surface area contributed by atoms with Crippen LogP contribution in [-0.4, -0.2) is 78.7 Å². The Hall–Kier alpha value is -2.12. The average Bonchev–Trinajstić information content (AvgIpc) is 3.58. The topological polar surface area (TPSA) is 107 Å². The Morgan fingerprint density at radius 3 is 2.62 bits per heavy atom. The molecule has 0 aromatic heterocycles. The number of hydrogen-bond acceptors (Lipinski definition) is 6. The Labute approximate surface area is 190 Å². The summed E-state index contributed by atoms with van der Waals surface area (Å²) in [5.74, 6) is 5.52. The molecule has 0 radical (unpaired) electrons. The summed E-state index contributed by atoms with van der Waals surface area (Å²) in [7, 11) is -2.19. The minimum absolute atomic E-state index is 0.00605. The standard InChI is InChI=1S/C23H32N2O6S/c1-15-12-25(16(2)14-26)32(29,30)22-10-7-18(6-5-17(3)27)11-20(22)31-21(15)13-24(4)23(28)19-8-9-19/h7,10-11,15-17,19,21,26-27H,8-9,12-14H2,1-4H3/t15-,16+,17-,21-/m1/s1. The van der Waals surface area contributed by atoms with Crippen molar-refractivity contribution < 1.29 is 28.2 Å². The summed E-state index contributed by atoms with van der Waals surface area (Å²) < 4.78 is 34.4. The number of sulfonamides is 1. The third kappa shape index (κ3) is 5.44. The summed E-state index contributed by atoms with van der Waals surface area (Å²) in [4.78, 5) is 14.2. The normalized spacial score (nSPS) is 24.6. The first-order chi connectivity index (χ1) is 15.0. The monoisotopic (exact) mass is 464 g/mol. The van der Waals surface area contributed by atoms with E-state index in [-0.39, 0.29) is 41.5 Å². The number of fused-ring (bicyclic) bond motifs is 1. The molecule has 8 nitrogen and oxygen atoms in total. The highest BCUT2D eigenvalue weighted by Crippen LogP contribution is 2.35. The molecule has 176 valence electrons. The van der Waals surface area contributed by atoms with E-state index in [1.165, 1.54) is 10.4 Å². The van der Waals surface area contributed by atoms with Crippen LogP contribution in [0.15, 0.2) is 23.1 Å². The van der Waals surface area contributed by atoms with Crippen LogP contribution in [0.5, 0.6) is 5.75 Å². The van der Waals surface area contributed by atoms with Gasteiger partial charge in [0.1, 0.15) is 22.9 Å². The number of aliphatic hydroxyl groups excluding tert-OH is 2. The maximum Gasteiger partial charge on any atom is 0.247 e. The van der Waals surface area contributed by atoms with Crippen molar-refractivity contribution >= 4 is 15.9 Å². The minimum atomic E-state index is -3.94. The molecule has 1 aliphatic carbocycles. The van der Waals surface area contributed by atoms with E-state index >= 15 is 0 Å². The molecule has 3 rings (SSSR count). The predicted octanol–water partition coefficient (Wildman–Crippen LogP) is 1.06. The van der Waals surface area contributed by atoms with Gasteiger partial charge in [0.05, 0.1) is 13.2 Å². The number of ether oxygens (including phenoxy) is 1. The van der Waals surface area contributed by atoms with Gasteiger partial charge in [-0.3, -0.25) is 4.79 Å². The molecule has 9 heteroatoms. The quantitative estimate of drug-likeness (QED) is 0.631. The van der Waals surface area contributed by atoms with Gasteiger partial charge in [-0.25, -0.2) is 8.42 Å². The highest BCUT2D eigenvalue weighted by Gasteiger charge is 2.39. The van der Waals surface area contributed by atoms with Gasteiger partial charge in [-0.05, 0) is 44.9 Å². The molecule has 1 heterocycles. The fourth-order valence-electron chi connectivity index (χ4n) is 3.71. The Morgan fingerprint density at radius 1 is 1.34 bits per heavy atom. The van der Waals surface area contributed by atoms with Crippen LogP contribution in [0.4, 0.5) is 0 Å². The first-order valence-electron chi connectivity index (χ1n) is 10.9. The lowest BCUT2D eigenvalue weighted by molar-refractivity contribution is -0.132. The molecule has 1 saturated carbocycles. The summed E-state index contributed by atoms with van der Waals surface area (Å²) in [5.41, 5.74) is 0.510. The van der Waals surface area contributed by atoms with Crippen LogP contribution in [0.25, 0.3) is 0 Å². The molecule has 2 N–H and O–H groups in total. The number of carbonyl (C=O) groups excluding carboxylic acids is 1. The Kier molecular flexibility index (Phi) is 7.50. The molecule has 2 aliphatic rings. The van der Waals surface area contributed by atoms with Crippen molar-refractivity contribution in [3.8, 4) is 17.6 Å². The van der Waals surface area contributed by atoms with Gasteiger partial charge in [0.15, 0.2) is 0 Å².